The summed E-state index contributed by atoms with van der Waals surface area (Å²) < 4.78 is 1.01. The van der Waals surface area contributed by atoms with Crippen LogP contribution in [0.15, 0.2) is 52.0 Å². The van der Waals surface area contributed by atoms with E-state index in [1.165, 1.54) is 19.3 Å². The second kappa shape index (κ2) is 8.18. The third-order valence-corrected chi connectivity index (χ3v) is 7.65. The molecule has 2 aliphatic heterocycles. The predicted octanol–water partition coefficient (Wildman–Crippen LogP) is 6.32. The number of anilines is 1. The normalized spacial score (nSPS) is 25.6. The van der Waals surface area contributed by atoms with E-state index in [4.69, 9.17) is 28.3 Å². The number of hydrazone groups is 1. The first kappa shape index (κ1) is 20.3. The van der Waals surface area contributed by atoms with Gasteiger partial charge in [0.2, 0.25) is 0 Å². The number of benzene rings is 2. The Labute approximate surface area is 195 Å². The van der Waals surface area contributed by atoms with E-state index >= 15 is 0 Å². The highest BCUT2D eigenvalue weighted by atomic mass is 79.9. The topological polar surface area (TPSA) is 35.9 Å². The Hall–Kier alpha value is -1.56. The Morgan fingerprint density at radius 1 is 1.03 bits per heavy atom. The van der Waals surface area contributed by atoms with Crippen LogP contribution >= 0.6 is 39.1 Å². The average Bonchev–Trinajstić information content (AvgIpc) is 3.43. The molecule has 2 fully saturated rings. The number of fused-ring (bicyclic) bond motifs is 1. The molecule has 3 aliphatic rings. The van der Waals surface area contributed by atoms with Gasteiger partial charge in [-0.1, -0.05) is 57.7 Å². The van der Waals surface area contributed by atoms with Gasteiger partial charge in [0.25, 0.3) is 5.91 Å². The number of amides is 1. The summed E-state index contributed by atoms with van der Waals surface area (Å²) >= 11 is 16.1. The van der Waals surface area contributed by atoms with Gasteiger partial charge in [-0.2, -0.15) is 5.10 Å². The highest BCUT2D eigenvalue weighted by Crippen LogP contribution is 2.41. The lowest BCUT2D eigenvalue weighted by molar-refractivity contribution is -0.123. The van der Waals surface area contributed by atoms with Gasteiger partial charge in [-0.25, -0.2) is 0 Å². The molecule has 156 valence electrons. The molecule has 2 heterocycles. The molecule has 1 saturated heterocycles. The molecular formula is C23H22BrCl2N3O. The van der Waals surface area contributed by atoms with Gasteiger partial charge in [0.15, 0.2) is 0 Å². The number of carbonyl (C=O) groups excluding carboxylic acids is 1. The minimum Gasteiger partial charge on any atom is -0.337 e. The first-order valence-corrected chi connectivity index (χ1v) is 11.9. The van der Waals surface area contributed by atoms with Gasteiger partial charge in [-0.05, 0) is 60.6 Å². The monoisotopic (exact) mass is 505 g/mol. The summed E-state index contributed by atoms with van der Waals surface area (Å²) in [6.07, 6.45) is 4.35. The van der Waals surface area contributed by atoms with E-state index in [1.807, 2.05) is 28.1 Å². The fourth-order valence-corrected chi connectivity index (χ4v) is 5.82. The van der Waals surface area contributed by atoms with Crippen molar-refractivity contribution in [3.05, 3.63) is 62.5 Å². The summed E-state index contributed by atoms with van der Waals surface area (Å²) in [5, 5.41) is 7.77. The Kier molecular flexibility index (Phi) is 5.55. The molecule has 0 N–H and O–H groups in total. The van der Waals surface area contributed by atoms with Gasteiger partial charge in [-0.3, -0.25) is 9.80 Å². The van der Waals surface area contributed by atoms with Crippen molar-refractivity contribution in [2.24, 2.45) is 16.9 Å². The SMILES string of the molecule is O=C(C1=NN(c2ccc(Cl)cc2Cl)C(c2ccc(Br)cc2)C1)N1CC2CCCC2C1. The third kappa shape index (κ3) is 3.76. The molecule has 3 atom stereocenters. The first-order valence-electron chi connectivity index (χ1n) is 10.4. The molecule has 0 radical (unpaired) electrons. The van der Waals surface area contributed by atoms with E-state index in [-0.39, 0.29) is 11.9 Å². The van der Waals surface area contributed by atoms with Crippen molar-refractivity contribution in [2.75, 3.05) is 18.1 Å². The van der Waals surface area contributed by atoms with Gasteiger partial charge in [0, 0.05) is 29.0 Å². The van der Waals surface area contributed by atoms with Crippen molar-refractivity contribution in [3.63, 3.8) is 0 Å². The maximum absolute atomic E-state index is 13.3. The Bertz CT molecular complexity index is 998. The van der Waals surface area contributed by atoms with Crippen LogP contribution in [-0.2, 0) is 4.79 Å². The molecule has 2 aromatic carbocycles. The molecule has 4 nitrogen and oxygen atoms in total. The summed E-state index contributed by atoms with van der Waals surface area (Å²) in [7, 11) is 0. The predicted molar refractivity (Wildman–Crippen MR) is 125 cm³/mol. The van der Waals surface area contributed by atoms with Crippen molar-refractivity contribution in [2.45, 2.75) is 31.7 Å². The smallest absolute Gasteiger partial charge is 0.270 e. The number of nitrogens with zero attached hydrogens (tertiary/aromatic N) is 3. The van der Waals surface area contributed by atoms with Crippen molar-refractivity contribution in [1.29, 1.82) is 0 Å². The van der Waals surface area contributed by atoms with E-state index in [9.17, 15) is 4.79 Å². The fraction of sp³-hybridized carbons (Fsp3) is 0.391. The molecule has 0 bridgehead atoms. The van der Waals surface area contributed by atoms with Gasteiger partial charge in [-0.15, -0.1) is 0 Å². The van der Waals surface area contributed by atoms with Crippen molar-refractivity contribution < 1.29 is 4.79 Å². The second-order valence-electron chi connectivity index (χ2n) is 8.42. The summed E-state index contributed by atoms with van der Waals surface area (Å²) in [6, 6.07) is 13.5. The standard InChI is InChI=1S/C23H22BrCl2N3O/c24-17-6-4-14(5-7-17)22-11-20(23(30)28-12-15-2-1-3-16(15)13-28)27-29(22)21-9-8-18(25)10-19(21)26/h4-10,15-16,22H,1-3,11-13H2. The van der Waals surface area contributed by atoms with Crippen LogP contribution < -0.4 is 5.01 Å². The Morgan fingerprint density at radius 3 is 2.40 bits per heavy atom. The van der Waals surface area contributed by atoms with Crippen molar-refractivity contribution in [3.8, 4) is 0 Å². The van der Waals surface area contributed by atoms with Gasteiger partial charge in [0.05, 0.1) is 16.8 Å². The zero-order valence-corrected chi connectivity index (χ0v) is 19.5. The molecule has 1 saturated carbocycles. The minimum atomic E-state index is -0.0853. The highest BCUT2D eigenvalue weighted by Gasteiger charge is 2.41. The molecule has 2 aromatic rings. The van der Waals surface area contributed by atoms with Gasteiger partial charge < -0.3 is 4.90 Å². The van der Waals surface area contributed by atoms with Crippen molar-refractivity contribution in [1.82, 2.24) is 4.90 Å². The number of carbonyl (C=O) groups is 1. The van der Waals surface area contributed by atoms with Crippen LogP contribution in [0.3, 0.4) is 0 Å². The molecule has 0 aromatic heterocycles. The van der Waals surface area contributed by atoms with E-state index in [1.54, 1.807) is 12.1 Å². The summed E-state index contributed by atoms with van der Waals surface area (Å²) in [6.45, 7) is 1.74. The fourth-order valence-electron chi connectivity index (χ4n) is 5.06. The molecule has 1 amide bonds. The van der Waals surface area contributed by atoms with Crippen LogP contribution in [0.25, 0.3) is 0 Å². The van der Waals surface area contributed by atoms with Crippen LogP contribution in [0.2, 0.25) is 10.0 Å². The lowest BCUT2D eigenvalue weighted by Gasteiger charge is -2.25. The minimum absolute atomic E-state index is 0.0686. The van der Waals surface area contributed by atoms with Crippen LogP contribution in [0, 0.1) is 11.8 Å². The maximum atomic E-state index is 13.3. The Morgan fingerprint density at radius 2 is 1.73 bits per heavy atom. The first-order chi connectivity index (χ1) is 14.5. The molecule has 7 heteroatoms. The van der Waals surface area contributed by atoms with E-state index < -0.39 is 0 Å². The van der Waals surface area contributed by atoms with Gasteiger partial charge in [0.1, 0.15) is 5.71 Å². The quantitative estimate of drug-likeness (QED) is 0.488. The maximum Gasteiger partial charge on any atom is 0.270 e. The van der Waals surface area contributed by atoms with Crippen LogP contribution in [0.1, 0.15) is 37.3 Å². The molecule has 1 aliphatic carbocycles. The van der Waals surface area contributed by atoms with Crippen LogP contribution in [0.4, 0.5) is 5.69 Å². The highest BCUT2D eigenvalue weighted by molar-refractivity contribution is 9.10. The Balaban J connectivity index is 1.46. The summed E-state index contributed by atoms with van der Waals surface area (Å²) in [5.41, 5.74) is 2.46. The van der Waals surface area contributed by atoms with E-state index in [0.717, 1.165) is 28.8 Å². The lowest BCUT2D eigenvalue weighted by Crippen LogP contribution is -2.35. The number of hydrogen-bond donors (Lipinski definition) is 0. The summed E-state index contributed by atoms with van der Waals surface area (Å²) in [5.74, 6) is 1.40. The zero-order valence-electron chi connectivity index (χ0n) is 16.4. The molecule has 0 spiro atoms. The number of halogens is 3. The van der Waals surface area contributed by atoms with Crippen LogP contribution in [0.5, 0.6) is 0 Å². The molecule has 30 heavy (non-hydrogen) atoms. The molecular weight excluding hydrogens is 485 g/mol. The zero-order chi connectivity index (χ0) is 20.8. The molecule has 3 unspecified atom stereocenters. The van der Waals surface area contributed by atoms with Crippen molar-refractivity contribution >= 4 is 56.4 Å². The van der Waals surface area contributed by atoms with E-state index in [0.29, 0.717) is 34.0 Å². The van der Waals surface area contributed by atoms with Gasteiger partial charge >= 0.3 is 0 Å². The summed E-state index contributed by atoms with van der Waals surface area (Å²) in [4.78, 5) is 15.3. The lowest BCUT2D eigenvalue weighted by atomic mass is 10.0. The number of rotatable bonds is 3. The second-order valence-corrected chi connectivity index (χ2v) is 10.2. The van der Waals surface area contributed by atoms with Crippen LogP contribution in [-0.4, -0.2) is 29.6 Å². The number of likely N-dealkylation sites (tertiary alicyclic amines) is 1. The average molecular weight is 507 g/mol. The third-order valence-electron chi connectivity index (χ3n) is 6.58. The molecule has 5 rings (SSSR count). The number of hydrogen-bond acceptors (Lipinski definition) is 3. The van der Waals surface area contributed by atoms with E-state index in [2.05, 4.69) is 28.1 Å². The largest absolute Gasteiger partial charge is 0.337 e.